The molecule has 0 aromatic rings. The minimum absolute atomic E-state index is 2.50. The van der Waals surface area contributed by atoms with Gasteiger partial charge in [0.1, 0.15) is 0 Å². The van der Waals surface area contributed by atoms with E-state index in [0.717, 1.165) is 0 Å². The SMILES string of the molecule is N=N/N=N/N=N/N=N/N=N/N=N/N=N/N=N/N=N/N=N/N=N/N=N/N=N/N. The highest BCUT2D eigenvalue weighted by atomic mass is 15.7. The molecule has 0 saturated carbocycles. The second-order valence-electron chi connectivity index (χ2n) is 2.27. The van der Waals surface area contributed by atoms with E-state index in [0.29, 0.717) is 0 Å². The van der Waals surface area contributed by atoms with Crippen LogP contribution < -0.4 is 5.84 Å². The second kappa shape index (κ2) is 20.6. The van der Waals surface area contributed by atoms with E-state index in [1.54, 1.807) is 0 Å². The summed E-state index contributed by atoms with van der Waals surface area (Å²) in [6.45, 7) is 0. The number of hydrogen-bond donors (Lipinski definition) is 2. The van der Waals surface area contributed by atoms with Crippen LogP contribution in [0.2, 0.25) is 0 Å². The summed E-state index contributed by atoms with van der Waals surface area (Å²) in [5, 5.41) is 73.2. The van der Waals surface area contributed by atoms with Crippen molar-refractivity contribution in [1.29, 1.82) is 5.53 Å². The lowest BCUT2D eigenvalue weighted by molar-refractivity contribution is 0.731. The number of nitrogens with two attached hydrogens (primary N) is 1. The number of hydrogen-bond acceptors (Lipinski definition) is 2. The van der Waals surface area contributed by atoms with Gasteiger partial charge in [-0.05, 0) is 78.3 Å². The van der Waals surface area contributed by atoms with Crippen molar-refractivity contribution in [3.05, 3.63) is 0 Å². The minimum Gasteiger partial charge on any atom is -0.303 e. The lowest BCUT2D eigenvalue weighted by Crippen LogP contribution is -1.70. The van der Waals surface area contributed by atoms with Crippen LogP contribution in [0.4, 0.5) is 0 Å². The average Bonchev–Trinajstić information content (AvgIpc) is 2.68. The maximum atomic E-state index is 6.22. The molecule has 0 aliphatic carbocycles. The largest absolute Gasteiger partial charge is 0.303 e. The molecule has 138 valence electrons. The molecule has 0 rings (SSSR count). The summed E-state index contributed by atoms with van der Waals surface area (Å²) in [4.78, 5) is 0. The predicted molar refractivity (Wildman–Crippen MR) is 67.6 cm³/mol. The Kier molecular flexibility index (Phi) is 16.5. The Hall–Kier alpha value is -5.40. The zero-order chi connectivity index (χ0) is 19.7. The van der Waals surface area contributed by atoms with E-state index < -0.39 is 0 Å². The molecule has 0 aliphatic rings. The third kappa shape index (κ3) is 20.6. The molecule has 0 aromatic heterocycles. The third-order valence-electron chi connectivity index (χ3n) is 0.976. The molecule has 0 unspecified atom stereocenters. The van der Waals surface area contributed by atoms with Crippen LogP contribution in [0.5, 0.6) is 0 Å². The van der Waals surface area contributed by atoms with Crippen molar-refractivity contribution in [3.63, 3.8) is 0 Å². The predicted octanol–water partition coefficient (Wildman–Crippen LogP) is 4.30. The Morgan fingerprint density at radius 2 is 0.481 bits per heavy atom. The maximum Gasteiger partial charge on any atom is 0 e. The second-order valence-corrected chi connectivity index (χ2v) is 2.27. The first-order chi connectivity index (χ1) is 13.4. The van der Waals surface area contributed by atoms with Gasteiger partial charge < -0.3 is 5.84 Å². The number of nitrogens with one attached hydrogen (secondary N) is 1. The van der Waals surface area contributed by atoms with Gasteiger partial charge in [-0.3, -0.25) is 0 Å². The summed E-state index contributed by atoms with van der Waals surface area (Å²) in [6, 6.07) is 0. The van der Waals surface area contributed by atoms with E-state index >= 15 is 0 Å². The van der Waals surface area contributed by atoms with Gasteiger partial charge in [0.25, 0.3) is 0 Å². The van der Waals surface area contributed by atoms with E-state index in [9.17, 15) is 0 Å². The highest BCUT2D eigenvalue weighted by Gasteiger charge is 1.72. The van der Waals surface area contributed by atoms with Crippen molar-refractivity contribution in [1.82, 2.24) is 0 Å². The fourth-order valence-electron chi connectivity index (χ4n) is 0.419. The summed E-state index contributed by atoms with van der Waals surface area (Å²) < 4.78 is 0. The molecule has 0 radical (unpaired) electrons. The van der Waals surface area contributed by atoms with Crippen LogP contribution in [-0.4, -0.2) is 0 Å². The van der Waals surface area contributed by atoms with Crippen LogP contribution in [0.25, 0.3) is 0 Å². The van der Waals surface area contributed by atoms with Gasteiger partial charge in [-0.15, -0.1) is 0 Å². The van der Waals surface area contributed by atoms with Crippen LogP contribution in [0, 0.1) is 5.53 Å². The van der Waals surface area contributed by atoms with Crippen LogP contribution in [0.15, 0.2) is 131 Å². The lowest BCUT2D eigenvalue weighted by Gasteiger charge is -1.70. The first-order valence-corrected chi connectivity index (χ1v) is 5.28. The lowest BCUT2D eigenvalue weighted by atomic mass is 12.3. The van der Waals surface area contributed by atoms with Crippen LogP contribution in [0.3, 0.4) is 0 Å². The zero-order valence-corrected chi connectivity index (χ0v) is 12.3. The van der Waals surface area contributed by atoms with Gasteiger partial charge in [0, 0.05) is 47.0 Å². The topological polar surface area (TPSA) is 359 Å². The quantitative estimate of drug-likeness (QED) is 0.278. The van der Waals surface area contributed by atoms with Gasteiger partial charge in [0.15, 0.2) is 0 Å². The zero-order valence-electron chi connectivity index (χ0n) is 12.3. The number of nitrogens with zero attached hydrogens (tertiary/aromatic N) is 25. The average molecular weight is 381 g/mol. The maximum absolute atomic E-state index is 6.22. The molecular formula is H3N27. The van der Waals surface area contributed by atoms with Gasteiger partial charge in [0.05, 0.1) is 0 Å². The Bertz CT molecular complexity index is 703. The van der Waals surface area contributed by atoms with E-state index in [-0.39, 0.29) is 0 Å². The molecule has 0 amide bonds. The Morgan fingerprint density at radius 3 is 0.667 bits per heavy atom. The van der Waals surface area contributed by atoms with E-state index in [1.165, 1.54) is 0 Å². The van der Waals surface area contributed by atoms with Gasteiger partial charge in [-0.2, -0.15) is 5.53 Å². The molecule has 0 spiro atoms. The van der Waals surface area contributed by atoms with E-state index in [1.807, 2.05) is 0 Å². The highest BCUT2D eigenvalue weighted by Crippen LogP contribution is 1.90. The summed E-state index contributed by atoms with van der Waals surface area (Å²) in [5.41, 5.74) is 6.22. The Labute approximate surface area is 143 Å². The third-order valence-corrected chi connectivity index (χ3v) is 0.976. The van der Waals surface area contributed by atoms with Gasteiger partial charge >= 0.3 is 0 Å². The van der Waals surface area contributed by atoms with Gasteiger partial charge in [0.2, 0.25) is 0 Å². The first-order valence-electron chi connectivity index (χ1n) is 5.28. The fraction of sp³-hybridized carbons (Fsp3) is 0. The Morgan fingerprint density at radius 1 is 0.296 bits per heavy atom. The number of rotatable bonds is 12. The highest BCUT2D eigenvalue weighted by molar-refractivity contribution is 4.14. The first kappa shape index (κ1) is 21.6. The molecule has 0 aliphatic heterocycles. The van der Waals surface area contributed by atoms with Crippen LogP contribution in [-0.2, 0) is 0 Å². The smallest absolute Gasteiger partial charge is 0 e. The summed E-state index contributed by atoms with van der Waals surface area (Å²) in [7, 11) is 0. The molecule has 0 heterocycles. The molecule has 27 heteroatoms. The minimum atomic E-state index is 2.50. The van der Waals surface area contributed by atoms with Crippen molar-refractivity contribution in [3.8, 4) is 0 Å². The fourth-order valence-corrected chi connectivity index (χ4v) is 0.419. The van der Waals surface area contributed by atoms with Crippen molar-refractivity contribution in [2.45, 2.75) is 0 Å². The summed E-state index contributed by atoms with van der Waals surface area (Å²) in [6.07, 6.45) is 0. The summed E-state index contributed by atoms with van der Waals surface area (Å²) >= 11 is 0. The molecule has 0 aromatic carbocycles. The van der Waals surface area contributed by atoms with Crippen molar-refractivity contribution < 1.29 is 0 Å². The van der Waals surface area contributed by atoms with Crippen LogP contribution >= 0.6 is 0 Å². The molecule has 3 N–H and O–H groups in total. The van der Waals surface area contributed by atoms with E-state index in [4.69, 9.17) is 5.53 Å². The Balaban J connectivity index is 3.94. The van der Waals surface area contributed by atoms with Crippen molar-refractivity contribution in [2.24, 2.45) is 136 Å². The monoisotopic (exact) mass is 381 g/mol. The molecule has 0 fully saturated rings. The summed E-state index contributed by atoms with van der Waals surface area (Å²) in [5.74, 6) is 4.61. The molecule has 27 heavy (non-hydrogen) atoms. The van der Waals surface area contributed by atoms with Gasteiger partial charge in [-0.1, -0.05) is 5.22 Å². The molecule has 0 saturated heterocycles. The normalized spacial score (nSPS) is 14.7. The van der Waals surface area contributed by atoms with Crippen molar-refractivity contribution in [2.75, 3.05) is 0 Å². The molecular weight excluding hydrogens is 378 g/mol. The van der Waals surface area contributed by atoms with Crippen LogP contribution in [0.1, 0.15) is 0 Å². The van der Waals surface area contributed by atoms with E-state index in [2.05, 4.69) is 136 Å². The standard InChI is InChI=1S/H3N27/c1-3-5-7-9-11-13-15-17-19-21-23-25-27-26-24-22-20-18-16-14-12-10-8-6-4-2/h(H3,1,2,5,6,9,10,13,14,17,18,21,22,25,26). The molecule has 0 atom stereocenters. The molecule has 27 nitrogen and oxygen atoms in total. The molecule has 0 bridgehead atoms. The van der Waals surface area contributed by atoms with Gasteiger partial charge in [-0.25, -0.2) is 0 Å². The van der Waals surface area contributed by atoms with Crippen molar-refractivity contribution >= 4 is 0 Å².